The summed E-state index contributed by atoms with van der Waals surface area (Å²) in [5, 5.41) is 3.71. The van der Waals surface area contributed by atoms with Gasteiger partial charge < -0.3 is 19.0 Å². The van der Waals surface area contributed by atoms with Gasteiger partial charge in [0.15, 0.2) is 6.73 Å². The highest BCUT2D eigenvalue weighted by Gasteiger charge is 2.28. The molecule has 2 N–H and O–H groups in total. The van der Waals surface area contributed by atoms with Crippen LogP contribution in [0, 0.1) is 5.82 Å². The predicted molar refractivity (Wildman–Crippen MR) is 167 cm³/mol. The van der Waals surface area contributed by atoms with Gasteiger partial charge in [-0.2, -0.15) is 11.8 Å². The minimum Gasteiger partial charge on any atom is -0.470 e. The van der Waals surface area contributed by atoms with Crippen LogP contribution in [0.5, 0.6) is 5.75 Å². The average Bonchev–Trinajstić information content (AvgIpc) is 3.60. The molecule has 2 aliphatic rings. The van der Waals surface area contributed by atoms with E-state index in [0.29, 0.717) is 61.6 Å². The Morgan fingerprint density at radius 3 is 2.79 bits per heavy atom. The van der Waals surface area contributed by atoms with Crippen LogP contribution in [0.3, 0.4) is 0 Å². The highest BCUT2D eigenvalue weighted by atomic mass is 32.2. The van der Waals surface area contributed by atoms with Gasteiger partial charge in [-0.15, -0.1) is 0 Å². The van der Waals surface area contributed by atoms with Gasteiger partial charge in [0.1, 0.15) is 28.6 Å². The molecule has 5 heterocycles. The fraction of sp³-hybridized carbons (Fsp3) is 0.226. The molecule has 0 bridgehead atoms. The normalized spacial score (nSPS) is 14.6. The number of allylic oxidation sites excluding steroid dienone is 1. The topological polar surface area (TPSA) is 115 Å². The van der Waals surface area contributed by atoms with Crippen molar-refractivity contribution in [1.82, 2.24) is 14.9 Å². The summed E-state index contributed by atoms with van der Waals surface area (Å²) in [5.41, 5.74) is 4.72. The number of anilines is 1. The molecule has 43 heavy (non-hydrogen) atoms. The Morgan fingerprint density at radius 2 is 2.02 bits per heavy atom. The van der Waals surface area contributed by atoms with Crippen LogP contribution in [0.15, 0.2) is 59.0 Å². The van der Waals surface area contributed by atoms with E-state index >= 15 is 0 Å². The molecule has 9 nitrogen and oxygen atoms in total. The zero-order chi connectivity index (χ0) is 29.9. The summed E-state index contributed by atoms with van der Waals surface area (Å²) in [6, 6.07) is 13.5. The van der Waals surface area contributed by atoms with Gasteiger partial charge in [0.25, 0.3) is 5.91 Å². The van der Waals surface area contributed by atoms with Gasteiger partial charge in [-0.05, 0) is 61.1 Å². The van der Waals surface area contributed by atoms with Crippen molar-refractivity contribution in [3.8, 4) is 28.4 Å². The molecule has 0 aliphatic carbocycles. The van der Waals surface area contributed by atoms with Crippen molar-refractivity contribution < 1.29 is 26.8 Å². The first-order valence-electron chi connectivity index (χ1n) is 13.8. The first-order valence-corrected chi connectivity index (χ1v) is 16.6. The minimum atomic E-state index is -3.69. The maximum Gasteiger partial charge on any atom is 0.255 e. The number of sulfonamides is 1. The number of carbonyl (C=O) groups is 1. The molecule has 220 valence electrons. The number of ether oxygens (including phenoxy) is 1. The van der Waals surface area contributed by atoms with Crippen molar-refractivity contribution in [3.05, 3.63) is 71.7 Å². The number of furan rings is 1. The van der Waals surface area contributed by atoms with E-state index in [9.17, 15) is 17.6 Å². The van der Waals surface area contributed by atoms with E-state index in [-0.39, 0.29) is 29.9 Å². The Labute approximate surface area is 251 Å². The first-order chi connectivity index (χ1) is 20.8. The smallest absolute Gasteiger partial charge is 0.255 e. The van der Waals surface area contributed by atoms with Gasteiger partial charge in [0.2, 0.25) is 10.0 Å². The third kappa shape index (κ3) is 4.65. The maximum absolute atomic E-state index is 14.7. The van der Waals surface area contributed by atoms with Gasteiger partial charge in [-0.3, -0.25) is 9.52 Å². The summed E-state index contributed by atoms with van der Waals surface area (Å²) in [6.45, 7) is 1.75. The van der Waals surface area contributed by atoms with Crippen LogP contribution >= 0.6 is 11.8 Å². The number of aromatic nitrogens is 2. The fourth-order valence-corrected chi connectivity index (χ4v) is 7.10. The van der Waals surface area contributed by atoms with Gasteiger partial charge in [0.05, 0.1) is 33.9 Å². The van der Waals surface area contributed by atoms with E-state index in [1.54, 1.807) is 62.1 Å². The Hall–Kier alpha value is -4.29. The number of hydrogen-bond donors (Lipinski definition) is 2. The number of benzene rings is 2. The molecule has 2 aliphatic heterocycles. The van der Waals surface area contributed by atoms with Crippen LogP contribution < -0.4 is 14.8 Å². The molecule has 0 saturated carbocycles. The standard InChI is InChI=1S/C31H27FN4O5S2/c1-3-43(38,39)35-23-15-27-20(28(31(37)33-2)30(41-27)17-9-11-42-12-10-17)13-19(23)22-7-8-26-29(34-22)25-14-18-21(32)5-4-6-24(18)36(25)16-40-26/h4-9,13-15,35H,3,10-12,16H2,1-2H3,(H,33,37). The molecule has 0 saturated heterocycles. The molecule has 3 aromatic heterocycles. The third-order valence-corrected chi connectivity index (χ3v) is 9.99. The van der Waals surface area contributed by atoms with Crippen molar-refractivity contribution in [2.45, 2.75) is 20.1 Å². The van der Waals surface area contributed by atoms with E-state index in [1.165, 1.54) is 6.07 Å². The molecule has 0 atom stereocenters. The van der Waals surface area contributed by atoms with E-state index in [2.05, 4.69) is 16.1 Å². The quantitative estimate of drug-likeness (QED) is 0.231. The summed E-state index contributed by atoms with van der Waals surface area (Å²) in [5.74, 6) is 1.93. The van der Waals surface area contributed by atoms with Crippen molar-refractivity contribution in [3.63, 3.8) is 0 Å². The lowest BCUT2D eigenvalue weighted by Gasteiger charge is -2.21. The van der Waals surface area contributed by atoms with E-state index < -0.39 is 10.0 Å². The molecule has 12 heteroatoms. The number of amides is 1. The molecule has 2 aromatic carbocycles. The van der Waals surface area contributed by atoms with Crippen LogP contribution in [-0.4, -0.2) is 48.2 Å². The van der Waals surface area contributed by atoms with Crippen molar-refractivity contribution in [2.75, 3.05) is 29.0 Å². The second-order valence-electron chi connectivity index (χ2n) is 10.3. The van der Waals surface area contributed by atoms with Gasteiger partial charge in [-0.1, -0.05) is 12.1 Å². The zero-order valence-corrected chi connectivity index (χ0v) is 25.0. The number of hydrogen-bond acceptors (Lipinski definition) is 7. The van der Waals surface area contributed by atoms with Crippen LogP contribution in [0.25, 0.3) is 50.1 Å². The lowest BCUT2D eigenvalue weighted by molar-refractivity contribution is 0.0963. The van der Waals surface area contributed by atoms with E-state index in [4.69, 9.17) is 14.1 Å². The van der Waals surface area contributed by atoms with E-state index in [1.807, 2.05) is 10.6 Å². The molecule has 0 unspecified atom stereocenters. The minimum absolute atomic E-state index is 0.140. The Bertz CT molecular complexity index is 2100. The van der Waals surface area contributed by atoms with Crippen LogP contribution in [0.2, 0.25) is 0 Å². The Balaban J connectivity index is 1.46. The molecule has 0 fully saturated rings. The van der Waals surface area contributed by atoms with Crippen molar-refractivity contribution >= 4 is 60.8 Å². The number of nitrogens with one attached hydrogen (secondary N) is 2. The van der Waals surface area contributed by atoms with Gasteiger partial charge in [-0.25, -0.2) is 17.8 Å². The Morgan fingerprint density at radius 1 is 1.16 bits per heavy atom. The Kier molecular flexibility index (Phi) is 6.70. The second-order valence-corrected chi connectivity index (χ2v) is 13.4. The summed E-state index contributed by atoms with van der Waals surface area (Å²) in [4.78, 5) is 18.1. The third-order valence-electron chi connectivity index (χ3n) is 7.80. The molecule has 7 rings (SSSR count). The number of carbonyl (C=O) groups excluding carboxylic acids is 1. The number of rotatable bonds is 6. The van der Waals surface area contributed by atoms with Crippen molar-refractivity contribution in [2.24, 2.45) is 0 Å². The molecular weight excluding hydrogens is 591 g/mol. The molecule has 0 radical (unpaired) electrons. The highest BCUT2D eigenvalue weighted by Crippen LogP contribution is 2.43. The lowest BCUT2D eigenvalue weighted by atomic mass is 9.99. The molecule has 5 aromatic rings. The number of fused-ring (bicyclic) bond motifs is 6. The zero-order valence-electron chi connectivity index (χ0n) is 23.4. The summed E-state index contributed by atoms with van der Waals surface area (Å²) in [6.07, 6.45) is 2.81. The number of nitrogens with zero attached hydrogens (tertiary/aromatic N) is 2. The molecule has 1 amide bonds. The number of pyridine rings is 1. The van der Waals surface area contributed by atoms with Crippen LogP contribution in [0.1, 0.15) is 29.5 Å². The maximum atomic E-state index is 14.7. The molecular formula is C31H27FN4O5S2. The number of halogens is 1. The monoisotopic (exact) mass is 618 g/mol. The van der Waals surface area contributed by atoms with Crippen molar-refractivity contribution in [1.29, 1.82) is 0 Å². The predicted octanol–water partition coefficient (Wildman–Crippen LogP) is 6.25. The lowest BCUT2D eigenvalue weighted by Crippen LogP contribution is -2.19. The highest BCUT2D eigenvalue weighted by molar-refractivity contribution is 7.99. The summed E-state index contributed by atoms with van der Waals surface area (Å²) >= 11 is 1.80. The van der Waals surface area contributed by atoms with Gasteiger partial charge in [0, 0.05) is 35.2 Å². The van der Waals surface area contributed by atoms with Crippen LogP contribution in [-0.2, 0) is 16.8 Å². The fourth-order valence-electron chi connectivity index (χ4n) is 5.60. The average molecular weight is 619 g/mol. The summed E-state index contributed by atoms with van der Waals surface area (Å²) < 4.78 is 57.0. The molecule has 0 spiro atoms. The van der Waals surface area contributed by atoms with Crippen LogP contribution in [0.4, 0.5) is 10.1 Å². The largest absolute Gasteiger partial charge is 0.470 e. The van der Waals surface area contributed by atoms with E-state index in [0.717, 1.165) is 23.5 Å². The number of thioether (sulfide) groups is 1. The summed E-state index contributed by atoms with van der Waals surface area (Å²) in [7, 11) is -2.12. The van der Waals surface area contributed by atoms with Gasteiger partial charge >= 0.3 is 0 Å². The second kappa shape index (κ2) is 10.5. The SMILES string of the molecule is CCS(=O)(=O)Nc1cc2oc(C3=CCSCC3)c(C(=O)NC)c2cc1-c1ccc2c(n1)-c1cc3c(F)cccc3n1CO2. The first kappa shape index (κ1) is 27.5.